The van der Waals surface area contributed by atoms with Crippen molar-refractivity contribution >= 4 is 62.7 Å². The van der Waals surface area contributed by atoms with Crippen molar-refractivity contribution in [1.29, 1.82) is 0 Å². The van der Waals surface area contributed by atoms with E-state index in [1.54, 1.807) is 18.4 Å². The largest absolute Gasteiger partial charge is 0.434 e. The van der Waals surface area contributed by atoms with Crippen molar-refractivity contribution in [2.45, 2.75) is 19.3 Å². The number of alkyl halides is 3. The number of rotatable bonds is 4. The van der Waals surface area contributed by atoms with Crippen molar-refractivity contribution in [2.75, 3.05) is 7.05 Å². The number of nitrogens with zero attached hydrogens (tertiary/aromatic N) is 2. The van der Waals surface area contributed by atoms with Crippen molar-refractivity contribution in [3.8, 4) is 0 Å². The van der Waals surface area contributed by atoms with E-state index in [4.69, 9.17) is 0 Å². The molecule has 2 N–H and O–H groups in total. The van der Waals surface area contributed by atoms with Crippen LogP contribution in [0.15, 0.2) is 40.0 Å². The number of thiophene rings is 1. The molecule has 4 nitrogen and oxygen atoms in total. The van der Waals surface area contributed by atoms with Crippen LogP contribution in [0.25, 0.3) is 10.1 Å². The minimum Gasteiger partial charge on any atom is -0.352 e. The lowest BCUT2D eigenvalue weighted by atomic mass is 10.2. The van der Waals surface area contributed by atoms with E-state index < -0.39 is 11.9 Å². The zero-order chi connectivity index (χ0) is 17.9. The molecule has 0 aliphatic carbocycles. The average molecular weight is 512 g/mol. The lowest BCUT2D eigenvalue weighted by molar-refractivity contribution is -0.140. The van der Waals surface area contributed by atoms with Gasteiger partial charge in [0.05, 0.1) is 6.54 Å². The minimum absolute atomic E-state index is 0. The molecule has 140 valence electrons. The fourth-order valence-electron chi connectivity index (χ4n) is 2.25. The van der Waals surface area contributed by atoms with Gasteiger partial charge in [-0.3, -0.25) is 4.99 Å². The van der Waals surface area contributed by atoms with E-state index in [1.165, 1.54) is 10.1 Å². The van der Waals surface area contributed by atoms with Gasteiger partial charge in [0, 0.05) is 23.7 Å². The van der Waals surface area contributed by atoms with Crippen molar-refractivity contribution < 1.29 is 13.2 Å². The summed E-state index contributed by atoms with van der Waals surface area (Å²) in [6.45, 7) is 0.764. The molecule has 1 aromatic carbocycles. The first kappa shape index (κ1) is 20.9. The summed E-state index contributed by atoms with van der Waals surface area (Å²) in [5.74, 6) is 0.513. The van der Waals surface area contributed by atoms with E-state index in [9.17, 15) is 13.2 Å². The molecule has 3 aromatic rings. The van der Waals surface area contributed by atoms with Gasteiger partial charge in [-0.15, -0.1) is 46.7 Å². The van der Waals surface area contributed by atoms with Crippen LogP contribution in [-0.2, 0) is 19.3 Å². The van der Waals surface area contributed by atoms with Crippen LogP contribution in [0, 0.1) is 0 Å². The highest BCUT2D eigenvalue weighted by atomic mass is 127. The van der Waals surface area contributed by atoms with Crippen LogP contribution in [0.2, 0.25) is 0 Å². The van der Waals surface area contributed by atoms with Crippen LogP contribution < -0.4 is 10.6 Å². The van der Waals surface area contributed by atoms with Gasteiger partial charge < -0.3 is 10.6 Å². The van der Waals surface area contributed by atoms with Crippen molar-refractivity contribution in [1.82, 2.24) is 15.6 Å². The second-order valence-corrected chi connectivity index (χ2v) is 7.01. The molecule has 0 aliphatic heterocycles. The minimum atomic E-state index is -4.41. The number of aliphatic imine (C=N–C) groups is 1. The smallest absolute Gasteiger partial charge is 0.352 e. The molecule has 0 atom stereocenters. The molecule has 0 aliphatic rings. The molecular weight excluding hydrogens is 496 g/mol. The summed E-state index contributed by atoms with van der Waals surface area (Å²) >= 11 is 2.65. The summed E-state index contributed by atoms with van der Waals surface area (Å²) < 4.78 is 38.9. The first-order chi connectivity index (χ1) is 12.0. The molecule has 0 bridgehead atoms. The van der Waals surface area contributed by atoms with Gasteiger partial charge in [0.2, 0.25) is 0 Å². The van der Waals surface area contributed by atoms with E-state index >= 15 is 0 Å². The highest BCUT2D eigenvalue weighted by Crippen LogP contribution is 2.30. The number of hydrogen-bond acceptors (Lipinski definition) is 4. The van der Waals surface area contributed by atoms with Crippen LogP contribution in [0.3, 0.4) is 0 Å². The zero-order valence-electron chi connectivity index (χ0n) is 13.6. The molecule has 26 heavy (non-hydrogen) atoms. The Morgan fingerprint density at radius 2 is 1.85 bits per heavy atom. The fourth-order valence-corrected chi connectivity index (χ4v) is 3.95. The first-order valence-corrected chi connectivity index (χ1v) is 9.14. The molecule has 2 aromatic heterocycles. The topological polar surface area (TPSA) is 49.3 Å². The third kappa shape index (κ3) is 5.07. The van der Waals surface area contributed by atoms with Crippen molar-refractivity contribution in [3.05, 3.63) is 51.3 Å². The predicted molar refractivity (Wildman–Crippen MR) is 111 cm³/mol. The summed E-state index contributed by atoms with van der Waals surface area (Å²) in [7, 11) is 1.62. The number of nitrogens with one attached hydrogen (secondary N) is 2. The average Bonchev–Trinajstić information content (AvgIpc) is 3.22. The summed E-state index contributed by atoms with van der Waals surface area (Å²) in [6.07, 6.45) is -4.41. The maximum absolute atomic E-state index is 12.6. The van der Waals surface area contributed by atoms with Gasteiger partial charge in [-0.2, -0.15) is 13.2 Å². The van der Waals surface area contributed by atoms with E-state index in [0.717, 1.165) is 22.3 Å². The number of thiazole rings is 1. The van der Waals surface area contributed by atoms with E-state index in [0.29, 0.717) is 17.5 Å². The summed E-state index contributed by atoms with van der Waals surface area (Å²) in [5.41, 5.74) is 0.291. The molecule has 0 radical (unpaired) electrons. The summed E-state index contributed by atoms with van der Waals surface area (Å²) in [6, 6.07) is 8.12. The Morgan fingerprint density at radius 3 is 2.54 bits per heavy atom. The highest BCUT2D eigenvalue weighted by molar-refractivity contribution is 14.0. The Kier molecular flexibility index (Phi) is 7.24. The second kappa shape index (κ2) is 9.00. The number of halogens is 4. The monoisotopic (exact) mass is 512 g/mol. The predicted octanol–water partition coefficient (Wildman–Crippen LogP) is 4.86. The molecule has 0 saturated carbocycles. The lowest BCUT2D eigenvalue weighted by Crippen LogP contribution is -2.36. The van der Waals surface area contributed by atoms with Crippen LogP contribution in [0.1, 0.15) is 16.3 Å². The Bertz CT molecular complexity index is 889. The molecular formula is C16H16F3IN4S2. The third-order valence-corrected chi connectivity index (χ3v) is 5.34. The number of guanidine groups is 1. The van der Waals surface area contributed by atoms with Gasteiger partial charge in [0.25, 0.3) is 0 Å². The van der Waals surface area contributed by atoms with Gasteiger partial charge >= 0.3 is 6.18 Å². The quantitative estimate of drug-likeness (QED) is 0.298. The molecule has 0 saturated heterocycles. The SMILES string of the molecule is CN=C(NCc1nc(C(F)(F)F)cs1)NCc1csc2ccccc12.I. The fraction of sp³-hybridized carbons (Fsp3) is 0.250. The normalized spacial score (nSPS) is 12.1. The Hall–Kier alpha value is -1.40. The molecule has 10 heteroatoms. The van der Waals surface area contributed by atoms with Crippen LogP contribution in [0.4, 0.5) is 13.2 Å². The van der Waals surface area contributed by atoms with Crippen molar-refractivity contribution in [3.63, 3.8) is 0 Å². The van der Waals surface area contributed by atoms with E-state index in [2.05, 4.69) is 38.1 Å². The van der Waals surface area contributed by atoms with Gasteiger partial charge in [-0.1, -0.05) is 18.2 Å². The second-order valence-electron chi connectivity index (χ2n) is 5.16. The number of fused-ring (bicyclic) bond motifs is 1. The Balaban J connectivity index is 0.00000243. The van der Waals surface area contributed by atoms with Gasteiger partial charge in [-0.25, -0.2) is 4.98 Å². The lowest BCUT2D eigenvalue weighted by Gasteiger charge is -2.10. The molecule has 3 rings (SSSR count). The van der Waals surface area contributed by atoms with E-state index in [-0.39, 0.29) is 30.5 Å². The van der Waals surface area contributed by atoms with Gasteiger partial charge in [-0.05, 0) is 22.4 Å². The summed E-state index contributed by atoms with van der Waals surface area (Å²) in [5, 5.41) is 10.8. The van der Waals surface area contributed by atoms with Crippen LogP contribution in [0.5, 0.6) is 0 Å². The third-order valence-electron chi connectivity index (χ3n) is 3.48. The zero-order valence-corrected chi connectivity index (χ0v) is 17.6. The molecule has 0 unspecified atom stereocenters. The van der Waals surface area contributed by atoms with Crippen LogP contribution in [-0.4, -0.2) is 18.0 Å². The summed E-state index contributed by atoms with van der Waals surface area (Å²) in [4.78, 5) is 7.68. The molecule has 2 heterocycles. The molecule has 0 fully saturated rings. The van der Waals surface area contributed by atoms with Crippen LogP contribution >= 0.6 is 46.7 Å². The van der Waals surface area contributed by atoms with Gasteiger partial charge in [0.1, 0.15) is 5.01 Å². The molecule has 0 amide bonds. The van der Waals surface area contributed by atoms with Crippen molar-refractivity contribution in [2.24, 2.45) is 4.99 Å². The maximum atomic E-state index is 12.6. The molecule has 0 spiro atoms. The number of aromatic nitrogens is 1. The van der Waals surface area contributed by atoms with Gasteiger partial charge in [0.15, 0.2) is 11.7 Å². The maximum Gasteiger partial charge on any atom is 0.434 e. The Labute approximate surface area is 173 Å². The first-order valence-electron chi connectivity index (χ1n) is 7.38. The highest BCUT2D eigenvalue weighted by Gasteiger charge is 2.33. The number of hydrogen-bond donors (Lipinski definition) is 2. The number of benzene rings is 1. The standard InChI is InChI=1S/C16H15F3N4S2.HI/c1-20-15(22-7-14-23-13(9-25-14)16(17,18)19)21-6-10-8-24-12-5-3-2-4-11(10)12;/h2-5,8-9H,6-7H2,1H3,(H2,20,21,22);1H. The van der Waals surface area contributed by atoms with E-state index in [1.807, 2.05) is 12.1 Å². The Morgan fingerprint density at radius 1 is 1.12 bits per heavy atom.